The van der Waals surface area contributed by atoms with E-state index in [4.69, 9.17) is 30.8 Å². The molecule has 0 fully saturated rings. The smallest absolute Gasteiger partial charge is 0.231 e. The lowest BCUT2D eigenvalue weighted by Gasteiger charge is -2.12. The number of aldehydes is 1. The van der Waals surface area contributed by atoms with Crippen molar-refractivity contribution in [2.45, 2.75) is 17.3 Å². The number of benzene rings is 3. The lowest BCUT2D eigenvalue weighted by atomic mass is 10.1. The first-order chi connectivity index (χ1) is 16.7. The molecule has 0 aliphatic carbocycles. The maximum absolute atomic E-state index is 12.3. The van der Waals surface area contributed by atoms with Crippen LogP contribution < -0.4 is 14.2 Å². The van der Waals surface area contributed by atoms with Crippen LogP contribution in [0.1, 0.15) is 21.6 Å². The molecule has 4 aromatic rings. The molecule has 0 amide bonds. The van der Waals surface area contributed by atoms with Gasteiger partial charge in [0.05, 0.1) is 13.7 Å². The molecule has 3 aromatic carbocycles. The quantitative estimate of drug-likeness (QED) is 0.219. The summed E-state index contributed by atoms with van der Waals surface area (Å²) in [4.78, 5) is 17.2. The second-order valence-electron chi connectivity index (χ2n) is 7.63. The second-order valence-corrected chi connectivity index (χ2v) is 9.00. The summed E-state index contributed by atoms with van der Waals surface area (Å²) >= 11 is 8.07. The molecule has 0 saturated heterocycles. The van der Waals surface area contributed by atoms with Crippen LogP contribution in [-0.4, -0.2) is 29.7 Å². The Morgan fingerprint density at radius 3 is 2.53 bits per heavy atom. The summed E-state index contributed by atoms with van der Waals surface area (Å²) in [5.41, 5.74) is 3.34. The van der Waals surface area contributed by atoms with Crippen LogP contribution in [0.4, 0.5) is 0 Å². The maximum Gasteiger partial charge on any atom is 0.231 e. The highest BCUT2D eigenvalue weighted by molar-refractivity contribution is 7.98. The number of imidazole rings is 1. The third-order valence-corrected chi connectivity index (χ3v) is 6.92. The van der Waals surface area contributed by atoms with Crippen molar-refractivity contribution in [3.8, 4) is 28.6 Å². The lowest BCUT2D eigenvalue weighted by molar-refractivity contribution is 0.111. The van der Waals surface area contributed by atoms with Gasteiger partial charge in [0.25, 0.3) is 0 Å². The third kappa shape index (κ3) is 4.49. The maximum atomic E-state index is 12.3. The molecule has 0 N–H and O–H groups in total. The molecule has 0 atom stereocenters. The Morgan fingerprint density at radius 1 is 1.09 bits per heavy atom. The minimum Gasteiger partial charge on any atom is -0.497 e. The monoisotopic (exact) mass is 492 g/mol. The highest BCUT2D eigenvalue weighted by Crippen LogP contribution is 2.38. The molecule has 6 nitrogen and oxygen atoms in total. The molecule has 1 aromatic heterocycles. The minimum absolute atomic E-state index is 0.168. The first-order valence-electron chi connectivity index (χ1n) is 10.6. The molecule has 1 aliphatic rings. The summed E-state index contributed by atoms with van der Waals surface area (Å²) in [5, 5.41) is 1.21. The van der Waals surface area contributed by atoms with Crippen LogP contribution in [0.5, 0.6) is 17.2 Å². The molecule has 5 rings (SSSR count). The van der Waals surface area contributed by atoms with Crippen LogP contribution in [0.25, 0.3) is 11.4 Å². The fourth-order valence-electron chi connectivity index (χ4n) is 3.76. The van der Waals surface area contributed by atoms with Gasteiger partial charge in [-0.1, -0.05) is 65.8 Å². The van der Waals surface area contributed by atoms with Gasteiger partial charge in [0.1, 0.15) is 22.3 Å². The number of rotatable bonds is 8. The normalized spacial score (nSPS) is 12.1. The van der Waals surface area contributed by atoms with Crippen molar-refractivity contribution >= 4 is 29.6 Å². The predicted molar refractivity (Wildman–Crippen MR) is 132 cm³/mol. The lowest BCUT2D eigenvalue weighted by Crippen LogP contribution is -2.07. The zero-order valence-corrected chi connectivity index (χ0v) is 19.9. The van der Waals surface area contributed by atoms with Crippen molar-refractivity contribution in [3.63, 3.8) is 0 Å². The first kappa shape index (κ1) is 22.4. The highest BCUT2D eigenvalue weighted by atomic mass is 35.5. The van der Waals surface area contributed by atoms with E-state index in [0.29, 0.717) is 45.4 Å². The molecule has 2 heterocycles. The standard InChI is InChI=1S/C26H21ClN2O4S/c1-31-20-9-7-17(8-10-20)15-34-26-22(14-30)29(25(28-26)18-5-3-2-4-6-18)13-19-11-23-24(12-21(19)27)33-16-32-23/h2-12,14H,13,15-16H2,1H3. The summed E-state index contributed by atoms with van der Waals surface area (Å²) in [6.45, 7) is 0.533. The van der Waals surface area contributed by atoms with Crippen LogP contribution >= 0.6 is 23.4 Å². The van der Waals surface area contributed by atoms with Crippen molar-refractivity contribution in [2.24, 2.45) is 0 Å². The van der Waals surface area contributed by atoms with E-state index in [-0.39, 0.29) is 6.79 Å². The van der Waals surface area contributed by atoms with Crippen LogP contribution in [0.2, 0.25) is 5.02 Å². The average molecular weight is 493 g/mol. The molecule has 34 heavy (non-hydrogen) atoms. The van der Waals surface area contributed by atoms with Gasteiger partial charge in [-0.25, -0.2) is 4.98 Å². The van der Waals surface area contributed by atoms with Gasteiger partial charge in [-0.05, 0) is 29.3 Å². The van der Waals surface area contributed by atoms with E-state index in [0.717, 1.165) is 28.7 Å². The van der Waals surface area contributed by atoms with E-state index in [2.05, 4.69) is 0 Å². The number of aromatic nitrogens is 2. The molecule has 1 aliphatic heterocycles. The molecule has 0 saturated carbocycles. The molecule has 0 bridgehead atoms. The van der Waals surface area contributed by atoms with E-state index in [9.17, 15) is 4.79 Å². The Kier molecular flexibility index (Phi) is 6.47. The Morgan fingerprint density at radius 2 is 1.82 bits per heavy atom. The number of hydrogen-bond donors (Lipinski definition) is 0. The SMILES string of the molecule is COc1ccc(CSc2nc(-c3ccccc3)n(Cc3cc4c(cc3Cl)OCO4)c2C=O)cc1. The van der Waals surface area contributed by atoms with Crippen molar-refractivity contribution in [1.29, 1.82) is 0 Å². The Balaban J connectivity index is 1.51. The first-order valence-corrected chi connectivity index (χ1v) is 12.0. The number of nitrogens with zero attached hydrogens (tertiary/aromatic N) is 2. The predicted octanol–water partition coefficient (Wildman–Crippen LogP) is 6.09. The molecular formula is C26H21ClN2O4S. The van der Waals surface area contributed by atoms with Crippen LogP contribution in [0, 0.1) is 0 Å². The zero-order valence-electron chi connectivity index (χ0n) is 18.4. The molecule has 172 valence electrons. The Labute approximate surface area is 206 Å². The van der Waals surface area contributed by atoms with Crippen LogP contribution in [-0.2, 0) is 12.3 Å². The molecular weight excluding hydrogens is 472 g/mol. The highest BCUT2D eigenvalue weighted by Gasteiger charge is 2.22. The van der Waals surface area contributed by atoms with E-state index < -0.39 is 0 Å². The summed E-state index contributed by atoms with van der Waals surface area (Å²) in [7, 11) is 1.64. The Bertz CT molecular complexity index is 1320. The molecule has 8 heteroatoms. The number of fused-ring (bicyclic) bond motifs is 1. The average Bonchev–Trinajstić information content (AvgIpc) is 3.47. The van der Waals surface area contributed by atoms with Gasteiger partial charge >= 0.3 is 0 Å². The van der Waals surface area contributed by atoms with Crippen LogP contribution in [0.3, 0.4) is 0 Å². The summed E-state index contributed by atoms with van der Waals surface area (Å²) in [6, 6.07) is 21.3. The molecule has 0 radical (unpaired) electrons. The van der Waals surface area contributed by atoms with Gasteiger partial charge in [0, 0.05) is 22.4 Å². The van der Waals surface area contributed by atoms with Gasteiger partial charge in [0.2, 0.25) is 6.79 Å². The number of thioether (sulfide) groups is 1. The fraction of sp³-hybridized carbons (Fsp3) is 0.154. The molecule has 0 spiro atoms. The summed E-state index contributed by atoms with van der Waals surface area (Å²) in [5.74, 6) is 3.43. The number of methoxy groups -OCH3 is 1. The topological polar surface area (TPSA) is 62.6 Å². The fourth-order valence-corrected chi connectivity index (χ4v) is 4.92. The number of carbonyl (C=O) groups excluding carboxylic acids is 1. The number of halogens is 1. The third-order valence-electron chi connectivity index (χ3n) is 5.52. The number of carbonyl (C=O) groups is 1. The van der Waals surface area contributed by atoms with Crippen molar-refractivity contribution < 1.29 is 19.0 Å². The van der Waals surface area contributed by atoms with E-state index in [1.807, 2.05) is 65.2 Å². The van der Waals surface area contributed by atoms with Gasteiger partial charge in [-0.15, -0.1) is 0 Å². The number of ether oxygens (including phenoxy) is 3. The van der Waals surface area contributed by atoms with E-state index in [1.54, 1.807) is 13.2 Å². The minimum atomic E-state index is 0.168. The van der Waals surface area contributed by atoms with Gasteiger partial charge in [0.15, 0.2) is 17.8 Å². The van der Waals surface area contributed by atoms with Gasteiger partial charge < -0.3 is 18.8 Å². The van der Waals surface area contributed by atoms with Gasteiger partial charge in [-0.3, -0.25) is 4.79 Å². The zero-order chi connectivity index (χ0) is 23.5. The molecule has 0 unspecified atom stereocenters. The Hall–Kier alpha value is -3.42. The summed E-state index contributed by atoms with van der Waals surface area (Å²) in [6.07, 6.45) is 0.858. The van der Waals surface area contributed by atoms with Crippen LogP contribution in [0.15, 0.2) is 71.8 Å². The van der Waals surface area contributed by atoms with Crippen molar-refractivity contribution in [3.05, 3.63) is 88.6 Å². The van der Waals surface area contributed by atoms with Gasteiger partial charge in [-0.2, -0.15) is 0 Å². The number of hydrogen-bond acceptors (Lipinski definition) is 6. The van der Waals surface area contributed by atoms with E-state index in [1.165, 1.54) is 11.8 Å². The van der Waals surface area contributed by atoms with Crippen molar-refractivity contribution in [1.82, 2.24) is 9.55 Å². The second kappa shape index (κ2) is 9.83. The van der Waals surface area contributed by atoms with E-state index >= 15 is 0 Å². The van der Waals surface area contributed by atoms with Crippen molar-refractivity contribution in [2.75, 3.05) is 13.9 Å². The largest absolute Gasteiger partial charge is 0.497 e. The summed E-state index contributed by atoms with van der Waals surface area (Å²) < 4.78 is 18.1.